The van der Waals surface area contributed by atoms with Crippen molar-refractivity contribution >= 4 is 11.6 Å². The topological polar surface area (TPSA) is 84.2 Å². The Balaban J connectivity index is 1.95. The highest BCUT2D eigenvalue weighted by atomic mass is 16.6. The van der Waals surface area contributed by atoms with E-state index in [2.05, 4.69) is 30.1 Å². The number of carbonyl (C=O) groups excluding carboxylic acids is 1. The van der Waals surface area contributed by atoms with Gasteiger partial charge >= 0.3 is 0 Å². The van der Waals surface area contributed by atoms with Crippen molar-refractivity contribution in [3.05, 3.63) is 47.2 Å². The third kappa shape index (κ3) is 3.71. The highest BCUT2D eigenvalue weighted by Gasteiger charge is 2.34. The van der Waals surface area contributed by atoms with E-state index in [0.717, 1.165) is 16.7 Å². The summed E-state index contributed by atoms with van der Waals surface area (Å²) < 4.78 is 5.49. The molecule has 0 spiro atoms. The van der Waals surface area contributed by atoms with Crippen LogP contribution in [0.2, 0.25) is 0 Å². The molecule has 0 unspecified atom stereocenters. The number of likely N-dealkylation sites (tertiary alicyclic amines) is 1. The number of oxime groups is 1. The summed E-state index contributed by atoms with van der Waals surface area (Å²) in [6.07, 6.45) is 0.480. The van der Waals surface area contributed by atoms with Crippen molar-refractivity contribution in [3.63, 3.8) is 0 Å². The Morgan fingerprint density at radius 2 is 2.04 bits per heavy atom. The van der Waals surface area contributed by atoms with Crippen LogP contribution in [0.1, 0.15) is 28.0 Å². The van der Waals surface area contributed by atoms with Gasteiger partial charge in [-0.3, -0.25) is 4.79 Å². The lowest BCUT2D eigenvalue weighted by Crippen LogP contribution is -2.38. The molecule has 1 atom stereocenters. The number of ether oxygens (including phenoxy) is 1. The Labute approximate surface area is 164 Å². The Bertz CT molecular complexity index is 911. The molecule has 2 aromatic rings. The van der Waals surface area contributed by atoms with Gasteiger partial charge < -0.3 is 19.6 Å². The molecule has 3 rings (SSSR count). The van der Waals surface area contributed by atoms with E-state index in [9.17, 15) is 9.90 Å². The molecule has 0 aliphatic carbocycles. The summed E-state index contributed by atoms with van der Waals surface area (Å²) >= 11 is 0. The van der Waals surface area contributed by atoms with Gasteiger partial charge in [-0.25, -0.2) is 4.98 Å². The summed E-state index contributed by atoms with van der Waals surface area (Å²) in [6, 6.07) is 9.27. The molecule has 1 N–H and O–H groups in total. The van der Waals surface area contributed by atoms with E-state index >= 15 is 0 Å². The maximum absolute atomic E-state index is 13.0. The predicted molar refractivity (Wildman–Crippen MR) is 107 cm³/mol. The smallest absolute Gasteiger partial charge is 0.273 e. The summed E-state index contributed by atoms with van der Waals surface area (Å²) in [6.45, 7) is 4.26. The van der Waals surface area contributed by atoms with Crippen molar-refractivity contribution < 1.29 is 19.5 Å². The minimum Gasteiger partial charge on any atom is -0.481 e. The monoisotopic (exact) mass is 383 g/mol. The fourth-order valence-corrected chi connectivity index (χ4v) is 3.48. The van der Waals surface area contributed by atoms with Gasteiger partial charge in [0.2, 0.25) is 5.88 Å². The summed E-state index contributed by atoms with van der Waals surface area (Å²) in [5.74, 6) is 0.122. The normalized spacial score (nSPS) is 17.8. The molecule has 1 amide bonds. The molecule has 1 aromatic heterocycles. The average Bonchev–Trinajstić information content (AvgIpc) is 3.12. The van der Waals surface area contributed by atoms with E-state index in [-0.39, 0.29) is 24.2 Å². The van der Waals surface area contributed by atoms with Gasteiger partial charge in [-0.15, -0.1) is 0 Å². The molecule has 28 heavy (non-hydrogen) atoms. The molecule has 148 valence electrons. The maximum Gasteiger partial charge on any atom is 0.273 e. The highest BCUT2D eigenvalue weighted by molar-refractivity contribution is 5.99. The van der Waals surface area contributed by atoms with E-state index in [0.29, 0.717) is 24.6 Å². The Kier molecular flexibility index (Phi) is 5.94. The third-order valence-electron chi connectivity index (χ3n) is 5.12. The lowest BCUT2D eigenvalue weighted by molar-refractivity contribution is 0.0673. The number of aliphatic hydroxyl groups is 1. The highest BCUT2D eigenvalue weighted by Crippen LogP contribution is 2.32. The number of aliphatic hydroxyl groups excluding tert-OH is 1. The molecule has 0 radical (unpaired) electrons. The zero-order valence-electron chi connectivity index (χ0n) is 16.6. The van der Waals surface area contributed by atoms with Gasteiger partial charge in [0.1, 0.15) is 12.8 Å². The van der Waals surface area contributed by atoms with Crippen LogP contribution in [-0.4, -0.2) is 60.0 Å². The molecular weight excluding hydrogens is 358 g/mol. The second-order valence-electron chi connectivity index (χ2n) is 6.81. The van der Waals surface area contributed by atoms with E-state index < -0.39 is 0 Å². The first-order valence-corrected chi connectivity index (χ1v) is 9.12. The van der Waals surface area contributed by atoms with Gasteiger partial charge in [0.15, 0.2) is 0 Å². The summed E-state index contributed by atoms with van der Waals surface area (Å²) in [7, 11) is 3.00. The van der Waals surface area contributed by atoms with Crippen molar-refractivity contribution in [2.24, 2.45) is 5.16 Å². The van der Waals surface area contributed by atoms with Gasteiger partial charge in [-0.05, 0) is 42.7 Å². The van der Waals surface area contributed by atoms with Crippen LogP contribution in [0.3, 0.4) is 0 Å². The number of nitrogens with zero attached hydrogens (tertiary/aromatic N) is 3. The second-order valence-corrected chi connectivity index (χ2v) is 6.81. The van der Waals surface area contributed by atoms with Crippen LogP contribution in [0.4, 0.5) is 0 Å². The lowest BCUT2D eigenvalue weighted by Gasteiger charge is -2.22. The van der Waals surface area contributed by atoms with Crippen LogP contribution in [0.25, 0.3) is 11.1 Å². The largest absolute Gasteiger partial charge is 0.481 e. The molecule has 0 bridgehead atoms. The van der Waals surface area contributed by atoms with Crippen molar-refractivity contribution in [2.75, 3.05) is 27.4 Å². The number of amides is 1. The fourth-order valence-electron chi connectivity index (χ4n) is 3.48. The first-order chi connectivity index (χ1) is 13.5. The van der Waals surface area contributed by atoms with E-state index in [1.807, 2.05) is 18.2 Å². The number of rotatable bonds is 5. The van der Waals surface area contributed by atoms with Crippen molar-refractivity contribution in [2.45, 2.75) is 26.3 Å². The number of hydrogen-bond donors (Lipinski definition) is 1. The van der Waals surface area contributed by atoms with Gasteiger partial charge in [-0.1, -0.05) is 23.4 Å². The molecule has 7 heteroatoms. The number of hydrogen-bond acceptors (Lipinski definition) is 6. The quantitative estimate of drug-likeness (QED) is 0.803. The van der Waals surface area contributed by atoms with Gasteiger partial charge in [0, 0.05) is 12.0 Å². The zero-order valence-corrected chi connectivity index (χ0v) is 16.6. The lowest BCUT2D eigenvalue weighted by atomic mass is 9.97. The fraction of sp³-hybridized carbons (Fsp3) is 0.381. The van der Waals surface area contributed by atoms with Crippen LogP contribution in [-0.2, 0) is 4.84 Å². The summed E-state index contributed by atoms with van der Waals surface area (Å²) in [4.78, 5) is 23.8. The molecule has 1 fully saturated rings. The minimum atomic E-state index is -0.340. The van der Waals surface area contributed by atoms with Gasteiger partial charge in [0.25, 0.3) is 5.91 Å². The van der Waals surface area contributed by atoms with E-state index in [1.165, 1.54) is 12.7 Å². The number of pyridine rings is 1. The second kappa shape index (κ2) is 8.39. The maximum atomic E-state index is 13.0. The standard InChI is InChI=1S/C21H25N3O4/c1-13-6-5-7-17(14(13)2)18-8-9-19(22-20(18)27-3)21(26)24-11-15(23-28-4)10-16(24)12-25/h5-9,16,25H,10-12H2,1-4H3/b23-15+/t16-/m0/s1. The first-order valence-electron chi connectivity index (χ1n) is 9.12. The average molecular weight is 383 g/mol. The minimum absolute atomic E-state index is 0.147. The van der Waals surface area contributed by atoms with Crippen molar-refractivity contribution in [1.82, 2.24) is 9.88 Å². The van der Waals surface area contributed by atoms with Crippen LogP contribution >= 0.6 is 0 Å². The van der Waals surface area contributed by atoms with Crippen LogP contribution < -0.4 is 4.74 Å². The Morgan fingerprint density at radius 1 is 1.25 bits per heavy atom. The first kappa shape index (κ1) is 19.8. The van der Waals surface area contributed by atoms with Crippen LogP contribution in [0, 0.1) is 13.8 Å². The van der Waals surface area contributed by atoms with Gasteiger partial charge in [-0.2, -0.15) is 0 Å². The molecule has 2 heterocycles. The van der Waals surface area contributed by atoms with Crippen LogP contribution in [0.15, 0.2) is 35.5 Å². The Morgan fingerprint density at radius 3 is 2.71 bits per heavy atom. The zero-order chi connectivity index (χ0) is 20.3. The van der Waals surface area contributed by atoms with Crippen molar-refractivity contribution in [3.8, 4) is 17.0 Å². The number of methoxy groups -OCH3 is 1. The van der Waals surface area contributed by atoms with E-state index in [4.69, 9.17) is 9.57 Å². The van der Waals surface area contributed by atoms with E-state index in [1.54, 1.807) is 18.1 Å². The predicted octanol–water partition coefficient (Wildman–Crippen LogP) is 2.58. The third-order valence-corrected chi connectivity index (χ3v) is 5.12. The SMILES string of the molecule is CO/N=C1\C[C@@H](CO)N(C(=O)c2ccc(-c3cccc(C)c3C)c(OC)n2)C1. The van der Waals surface area contributed by atoms with Crippen LogP contribution in [0.5, 0.6) is 5.88 Å². The van der Waals surface area contributed by atoms with Gasteiger partial charge in [0.05, 0.1) is 32.0 Å². The number of aromatic nitrogens is 1. The summed E-state index contributed by atoms with van der Waals surface area (Å²) in [5, 5.41) is 13.6. The molecule has 7 nitrogen and oxygen atoms in total. The molecular formula is C21H25N3O4. The summed E-state index contributed by atoms with van der Waals surface area (Å²) in [5.41, 5.74) is 5.15. The van der Waals surface area contributed by atoms with Crippen molar-refractivity contribution in [1.29, 1.82) is 0 Å². The molecule has 1 aliphatic rings. The Hall–Kier alpha value is -2.93. The number of benzene rings is 1. The molecule has 0 saturated carbocycles. The molecule has 1 aliphatic heterocycles. The number of aryl methyl sites for hydroxylation is 1. The number of carbonyl (C=O) groups is 1. The molecule has 1 aromatic carbocycles. The molecule has 1 saturated heterocycles.